The number of amides is 1. The maximum atomic E-state index is 10.8. The number of hydrogen-bond donors (Lipinski definition) is 3. The number of carbonyl (C=O) groups excluding carboxylic acids is 1. The average Bonchev–Trinajstić information content (AvgIpc) is 2.92. The van der Waals surface area contributed by atoms with E-state index in [-0.39, 0.29) is 5.91 Å². The summed E-state index contributed by atoms with van der Waals surface area (Å²) in [6, 6.07) is 7.40. The zero-order valence-corrected chi connectivity index (χ0v) is 12.9. The van der Waals surface area contributed by atoms with Crippen LogP contribution in [0.5, 0.6) is 0 Å². The standard InChI is InChI=1S/C18H23NO3/c1-14(20)19-12-8-17(21)16-6-4-5-15(13-16)7-11-18(22)9-2-3-10-18/h4-6,13,17,21-22H,2-3,8-10,12H2,1H3,(H,19,20). The Hall–Kier alpha value is -1.83. The van der Waals surface area contributed by atoms with Crippen LogP contribution in [-0.2, 0) is 4.79 Å². The molecule has 1 amide bonds. The van der Waals surface area contributed by atoms with E-state index in [9.17, 15) is 15.0 Å². The monoisotopic (exact) mass is 301 g/mol. The van der Waals surface area contributed by atoms with Crippen LogP contribution in [0.4, 0.5) is 0 Å². The second kappa shape index (κ2) is 7.44. The lowest BCUT2D eigenvalue weighted by atomic mass is 10.0. The quantitative estimate of drug-likeness (QED) is 0.744. The molecule has 118 valence electrons. The molecule has 0 heterocycles. The van der Waals surface area contributed by atoms with Crippen molar-refractivity contribution in [2.24, 2.45) is 0 Å². The van der Waals surface area contributed by atoms with E-state index in [2.05, 4.69) is 17.2 Å². The number of rotatable bonds is 4. The molecule has 4 heteroatoms. The van der Waals surface area contributed by atoms with Gasteiger partial charge in [0.05, 0.1) is 6.10 Å². The molecule has 1 atom stereocenters. The molecular weight excluding hydrogens is 278 g/mol. The van der Waals surface area contributed by atoms with Crippen molar-refractivity contribution in [3.05, 3.63) is 35.4 Å². The van der Waals surface area contributed by atoms with Crippen LogP contribution in [0, 0.1) is 11.8 Å². The van der Waals surface area contributed by atoms with Gasteiger partial charge in [-0.2, -0.15) is 0 Å². The molecule has 2 rings (SSSR count). The van der Waals surface area contributed by atoms with Crippen LogP contribution in [0.3, 0.4) is 0 Å². The van der Waals surface area contributed by atoms with Gasteiger partial charge in [-0.05, 0) is 49.8 Å². The number of aliphatic hydroxyl groups is 2. The maximum Gasteiger partial charge on any atom is 0.216 e. The van der Waals surface area contributed by atoms with Gasteiger partial charge in [-0.25, -0.2) is 0 Å². The Morgan fingerprint density at radius 2 is 2.14 bits per heavy atom. The predicted molar refractivity (Wildman–Crippen MR) is 85.0 cm³/mol. The molecule has 22 heavy (non-hydrogen) atoms. The van der Waals surface area contributed by atoms with E-state index < -0.39 is 11.7 Å². The Labute approximate surface area is 131 Å². The Kier molecular flexibility index (Phi) is 5.59. The molecule has 0 saturated heterocycles. The molecule has 0 aromatic heterocycles. The van der Waals surface area contributed by atoms with Crippen molar-refractivity contribution < 1.29 is 15.0 Å². The first kappa shape index (κ1) is 16.5. The topological polar surface area (TPSA) is 69.6 Å². The highest BCUT2D eigenvalue weighted by molar-refractivity contribution is 5.72. The molecule has 1 aliphatic carbocycles. The number of aliphatic hydroxyl groups excluding tert-OH is 1. The third-order valence-electron chi connectivity index (χ3n) is 3.93. The zero-order valence-electron chi connectivity index (χ0n) is 12.9. The average molecular weight is 301 g/mol. The fourth-order valence-electron chi connectivity index (χ4n) is 2.65. The van der Waals surface area contributed by atoms with Crippen molar-refractivity contribution in [3.63, 3.8) is 0 Å². The molecule has 0 bridgehead atoms. The van der Waals surface area contributed by atoms with Gasteiger partial charge in [-0.3, -0.25) is 4.79 Å². The molecular formula is C18H23NO3. The Morgan fingerprint density at radius 1 is 1.41 bits per heavy atom. The molecule has 1 unspecified atom stereocenters. The third-order valence-corrected chi connectivity index (χ3v) is 3.93. The fourth-order valence-corrected chi connectivity index (χ4v) is 2.65. The molecule has 0 spiro atoms. The summed E-state index contributed by atoms with van der Waals surface area (Å²) >= 11 is 0. The molecule has 1 fully saturated rings. The van der Waals surface area contributed by atoms with Crippen molar-refractivity contribution >= 4 is 5.91 Å². The van der Waals surface area contributed by atoms with Gasteiger partial charge >= 0.3 is 0 Å². The van der Waals surface area contributed by atoms with Gasteiger partial charge in [0, 0.05) is 19.0 Å². The lowest BCUT2D eigenvalue weighted by Crippen LogP contribution is -2.22. The highest BCUT2D eigenvalue weighted by Crippen LogP contribution is 2.28. The van der Waals surface area contributed by atoms with Gasteiger partial charge < -0.3 is 15.5 Å². The highest BCUT2D eigenvalue weighted by atomic mass is 16.3. The van der Waals surface area contributed by atoms with Gasteiger partial charge in [0.2, 0.25) is 5.91 Å². The number of hydrogen-bond acceptors (Lipinski definition) is 3. The minimum atomic E-state index is -0.847. The summed E-state index contributed by atoms with van der Waals surface area (Å²) < 4.78 is 0. The minimum absolute atomic E-state index is 0.100. The van der Waals surface area contributed by atoms with Crippen molar-refractivity contribution in [1.29, 1.82) is 0 Å². The van der Waals surface area contributed by atoms with Gasteiger partial charge in [-0.1, -0.05) is 24.0 Å². The maximum absolute atomic E-state index is 10.8. The van der Waals surface area contributed by atoms with Gasteiger partial charge in [0.1, 0.15) is 5.60 Å². The molecule has 3 N–H and O–H groups in total. The highest BCUT2D eigenvalue weighted by Gasteiger charge is 2.28. The van der Waals surface area contributed by atoms with E-state index in [1.165, 1.54) is 6.92 Å². The summed E-state index contributed by atoms with van der Waals surface area (Å²) in [6.45, 7) is 1.89. The van der Waals surface area contributed by atoms with Crippen LogP contribution in [0.25, 0.3) is 0 Å². The Bertz CT molecular complexity index is 579. The van der Waals surface area contributed by atoms with Crippen LogP contribution in [0.15, 0.2) is 24.3 Å². The van der Waals surface area contributed by atoms with Crippen LogP contribution in [0.2, 0.25) is 0 Å². The summed E-state index contributed by atoms with van der Waals surface area (Å²) in [4.78, 5) is 10.8. The zero-order chi connectivity index (χ0) is 16.0. The molecule has 1 aromatic rings. The van der Waals surface area contributed by atoms with E-state index in [1.54, 1.807) is 0 Å². The number of benzene rings is 1. The first-order chi connectivity index (χ1) is 10.5. The smallest absolute Gasteiger partial charge is 0.216 e. The largest absolute Gasteiger partial charge is 0.388 e. The molecule has 4 nitrogen and oxygen atoms in total. The number of carbonyl (C=O) groups is 1. The van der Waals surface area contributed by atoms with Gasteiger partial charge in [-0.15, -0.1) is 0 Å². The fraction of sp³-hybridized carbons (Fsp3) is 0.500. The summed E-state index contributed by atoms with van der Waals surface area (Å²) in [5, 5.41) is 23.0. The SMILES string of the molecule is CC(=O)NCCC(O)c1cccc(C#CC2(O)CCCC2)c1. The van der Waals surface area contributed by atoms with Crippen LogP contribution >= 0.6 is 0 Å². The third kappa shape index (κ3) is 4.87. The van der Waals surface area contributed by atoms with Crippen molar-refractivity contribution in [1.82, 2.24) is 5.32 Å². The predicted octanol–water partition coefficient (Wildman–Crippen LogP) is 1.90. The molecule has 1 saturated carbocycles. The summed E-state index contributed by atoms with van der Waals surface area (Å²) in [7, 11) is 0. The second-order valence-corrected chi connectivity index (χ2v) is 5.90. The molecule has 0 aliphatic heterocycles. The van der Waals surface area contributed by atoms with Crippen LogP contribution in [0.1, 0.15) is 56.3 Å². The summed E-state index contributed by atoms with van der Waals surface area (Å²) in [6.07, 6.45) is 3.33. The van der Waals surface area contributed by atoms with E-state index in [4.69, 9.17) is 0 Å². The first-order valence-electron chi connectivity index (χ1n) is 7.76. The van der Waals surface area contributed by atoms with E-state index in [0.717, 1.165) is 36.8 Å². The number of nitrogens with one attached hydrogen (secondary N) is 1. The van der Waals surface area contributed by atoms with E-state index in [0.29, 0.717) is 13.0 Å². The lowest BCUT2D eigenvalue weighted by molar-refractivity contribution is -0.119. The summed E-state index contributed by atoms with van der Waals surface area (Å²) in [5.74, 6) is 5.88. The Morgan fingerprint density at radius 3 is 2.82 bits per heavy atom. The second-order valence-electron chi connectivity index (χ2n) is 5.90. The van der Waals surface area contributed by atoms with Gasteiger partial charge in [0.25, 0.3) is 0 Å². The molecule has 0 radical (unpaired) electrons. The van der Waals surface area contributed by atoms with Crippen LogP contribution < -0.4 is 5.32 Å². The van der Waals surface area contributed by atoms with Crippen molar-refractivity contribution in [3.8, 4) is 11.8 Å². The van der Waals surface area contributed by atoms with E-state index >= 15 is 0 Å². The molecule has 1 aromatic carbocycles. The van der Waals surface area contributed by atoms with Gasteiger partial charge in [0.15, 0.2) is 0 Å². The summed E-state index contributed by atoms with van der Waals surface area (Å²) in [5.41, 5.74) is 0.715. The molecule has 1 aliphatic rings. The normalized spacial score (nSPS) is 17.4. The van der Waals surface area contributed by atoms with Crippen molar-refractivity contribution in [2.45, 2.75) is 50.7 Å². The lowest BCUT2D eigenvalue weighted by Gasteiger charge is -2.13. The Balaban J connectivity index is 2.00. The van der Waals surface area contributed by atoms with Crippen molar-refractivity contribution in [2.75, 3.05) is 6.54 Å². The van der Waals surface area contributed by atoms with E-state index in [1.807, 2.05) is 24.3 Å². The minimum Gasteiger partial charge on any atom is -0.388 e. The van der Waals surface area contributed by atoms with Crippen LogP contribution in [-0.4, -0.2) is 28.3 Å². The first-order valence-corrected chi connectivity index (χ1v) is 7.76.